The van der Waals surface area contributed by atoms with Crippen LogP contribution < -0.4 is 4.90 Å². The molecule has 1 atom stereocenters. The first-order chi connectivity index (χ1) is 16.6. The molecule has 176 valence electrons. The van der Waals surface area contributed by atoms with Crippen LogP contribution in [0.4, 0.5) is 5.69 Å². The van der Waals surface area contributed by atoms with Gasteiger partial charge in [0.2, 0.25) is 0 Å². The Morgan fingerprint density at radius 1 is 0.914 bits per heavy atom. The number of halogens is 3. The Morgan fingerprint density at radius 3 is 2.46 bits per heavy atom. The molecule has 4 aromatic carbocycles. The Balaban J connectivity index is 0.000000150. The maximum atomic E-state index is 4.93. The van der Waals surface area contributed by atoms with Crippen LogP contribution in [0.2, 0.25) is 0 Å². The number of thiol groups is 1. The first kappa shape index (κ1) is 26.8. The molecule has 6 heteroatoms. The number of benzene rings is 4. The average molecular weight is 658 g/mol. The SMILES string of the molecule is CN1C2=Cc3[c-]c(Br)ccc3C2c2ccccc21.[Cl][Zr][Cl].[SH-].[c-]1cccc2c1Cc1ccccc1-2. The normalized spacial score (nSPS) is 14.9. The van der Waals surface area contributed by atoms with E-state index in [1.807, 2.05) is 6.07 Å². The van der Waals surface area contributed by atoms with Gasteiger partial charge in [-0.05, 0) is 23.7 Å². The second-order valence-corrected chi connectivity index (χ2v) is 12.8. The number of hydrogen-bond donors (Lipinski definition) is 0. The largest absolute Gasteiger partial charge is 0.813 e. The molecule has 1 unspecified atom stereocenters. The van der Waals surface area contributed by atoms with Crippen LogP contribution >= 0.6 is 33.0 Å². The molecule has 2 aliphatic carbocycles. The number of para-hydroxylation sites is 1. The van der Waals surface area contributed by atoms with Gasteiger partial charge in [-0.15, -0.1) is 41.0 Å². The summed E-state index contributed by atoms with van der Waals surface area (Å²) in [7, 11) is 12.0. The molecule has 3 aliphatic rings. The molecule has 0 saturated heterocycles. The van der Waals surface area contributed by atoms with Gasteiger partial charge in [-0.1, -0.05) is 74.0 Å². The summed E-state index contributed by atoms with van der Waals surface area (Å²) in [4.78, 5) is 2.29. The smallest absolute Gasteiger partial charge is 0.0253 e. The van der Waals surface area contributed by atoms with Gasteiger partial charge in [0.15, 0.2) is 0 Å². The standard InChI is InChI=1S/C16H11BrN.C13H9.2ClH.H2S.Zr/c1-18-14-5-3-2-4-13(14)16-12-7-6-11(17)8-10(12)9-15(16)18;1-3-7-12-10(5-1)9-11-6-2-4-8-13(11)12;;;;/h2-7,9,16H,1H3;1-5,7-8H,9H2;2*1H;1H2;/q2*-1;;;;+2/p-3. The molecule has 7 rings (SSSR count). The van der Waals surface area contributed by atoms with E-state index in [4.69, 9.17) is 17.0 Å². The molecule has 1 nitrogen and oxygen atoms in total. The number of allylic oxidation sites excluding steroid dienone is 1. The van der Waals surface area contributed by atoms with E-state index < -0.39 is 20.8 Å². The van der Waals surface area contributed by atoms with Crippen LogP contribution in [-0.2, 0) is 40.8 Å². The maximum absolute atomic E-state index is 4.93. The van der Waals surface area contributed by atoms with Gasteiger partial charge in [0.25, 0.3) is 0 Å². The molecule has 0 spiro atoms. The van der Waals surface area contributed by atoms with E-state index in [0.29, 0.717) is 5.92 Å². The molecule has 0 bridgehead atoms. The topological polar surface area (TPSA) is 3.24 Å². The molecule has 4 aromatic rings. The number of anilines is 1. The summed E-state index contributed by atoms with van der Waals surface area (Å²) in [6.45, 7) is 0. The quantitative estimate of drug-likeness (QED) is 0.0936. The van der Waals surface area contributed by atoms with Gasteiger partial charge < -0.3 is 18.4 Å². The molecule has 1 aliphatic heterocycles. The fourth-order valence-electron chi connectivity index (χ4n) is 5.05. The number of likely N-dealkylation sites (N-methyl/N-ethyl adjacent to an activating group) is 1. The van der Waals surface area contributed by atoms with Crippen molar-refractivity contribution in [1.82, 2.24) is 0 Å². The third-order valence-corrected chi connectivity index (χ3v) is 6.95. The summed E-state index contributed by atoms with van der Waals surface area (Å²) in [6, 6.07) is 34.4. The van der Waals surface area contributed by atoms with Crippen molar-refractivity contribution < 1.29 is 20.8 Å². The molecule has 0 saturated carbocycles. The molecule has 0 aromatic heterocycles. The van der Waals surface area contributed by atoms with Crippen LogP contribution in [0.25, 0.3) is 17.2 Å². The van der Waals surface area contributed by atoms with E-state index >= 15 is 0 Å². The third-order valence-electron chi connectivity index (χ3n) is 6.49. The fraction of sp³-hybridized carbons (Fsp3) is 0.103. The summed E-state index contributed by atoms with van der Waals surface area (Å²) >= 11 is 2.67. The van der Waals surface area contributed by atoms with Gasteiger partial charge in [-0.25, -0.2) is 0 Å². The Hall–Kier alpha value is -1.29. The van der Waals surface area contributed by atoms with Crippen LogP contribution in [0, 0.1) is 12.1 Å². The first-order valence-electron chi connectivity index (χ1n) is 10.9. The van der Waals surface area contributed by atoms with E-state index in [0.717, 1.165) is 10.9 Å². The Bertz CT molecular complexity index is 1350. The monoisotopic (exact) mass is 654 g/mol. The summed E-state index contributed by atoms with van der Waals surface area (Å²) in [5.74, 6) is 0.394. The van der Waals surface area contributed by atoms with Crippen LogP contribution in [-0.4, -0.2) is 7.05 Å². The Kier molecular flexibility index (Phi) is 9.06. The van der Waals surface area contributed by atoms with Gasteiger partial charge in [0, 0.05) is 18.7 Å². The van der Waals surface area contributed by atoms with E-state index in [1.54, 1.807) is 0 Å². The average Bonchev–Trinajstić information content (AvgIpc) is 3.50. The van der Waals surface area contributed by atoms with Crippen molar-refractivity contribution in [3.8, 4) is 11.1 Å². The number of rotatable bonds is 0. The van der Waals surface area contributed by atoms with E-state index in [1.165, 1.54) is 50.3 Å². The van der Waals surface area contributed by atoms with Crippen molar-refractivity contribution in [3.05, 3.63) is 129 Å². The van der Waals surface area contributed by atoms with Crippen molar-refractivity contribution in [2.24, 2.45) is 0 Å². The van der Waals surface area contributed by atoms with E-state index in [9.17, 15) is 0 Å². The van der Waals surface area contributed by atoms with Gasteiger partial charge >= 0.3 is 37.9 Å². The zero-order valence-electron chi connectivity index (χ0n) is 18.9. The summed E-state index contributed by atoms with van der Waals surface area (Å²) in [5.41, 5.74) is 12.2. The molecule has 0 fully saturated rings. The molecular formula is C29H21BrCl2NSZr-3. The minimum atomic E-state index is -0.826. The van der Waals surface area contributed by atoms with Crippen LogP contribution in [0.5, 0.6) is 0 Å². The zero-order chi connectivity index (χ0) is 23.7. The maximum Gasteiger partial charge on any atom is -0.0253 e. The molecule has 35 heavy (non-hydrogen) atoms. The second-order valence-electron chi connectivity index (χ2n) is 8.26. The van der Waals surface area contributed by atoms with Crippen LogP contribution in [0.3, 0.4) is 0 Å². The van der Waals surface area contributed by atoms with Crippen molar-refractivity contribution in [2.75, 3.05) is 11.9 Å². The number of nitrogens with zero attached hydrogens (tertiary/aromatic N) is 1. The minimum Gasteiger partial charge on any atom is -0.813 e. The second kappa shape index (κ2) is 11.8. The van der Waals surface area contributed by atoms with Crippen molar-refractivity contribution in [1.29, 1.82) is 0 Å². The van der Waals surface area contributed by atoms with Crippen LogP contribution in [0.15, 0.2) is 89.0 Å². The summed E-state index contributed by atoms with van der Waals surface area (Å²) in [6.07, 6.45) is 3.30. The summed E-state index contributed by atoms with van der Waals surface area (Å²) < 4.78 is 1.02. The van der Waals surface area contributed by atoms with Crippen molar-refractivity contribution in [2.45, 2.75) is 12.3 Å². The molecule has 1 heterocycles. The van der Waals surface area contributed by atoms with Gasteiger partial charge in [-0.2, -0.15) is 29.8 Å². The third kappa shape index (κ3) is 5.24. The van der Waals surface area contributed by atoms with Crippen LogP contribution in [0.1, 0.15) is 33.7 Å². The zero-order valence-corrected chi connectivity index (χ0v) is 25.3. The van der Waals surface area contributed by atoms with Gasteiger partial charge in [0.1, 0.15) is 0 Å². The number of hydrogen-bond acceptors (Lipinski definition) is 2. The predicted octanol–water partition coefficient (Wildman–Crippen LogP) is 8.35. The molecule has 0 N–H and O–H groups in total. The predicted molar refractivity (Wildman–Crippen MR) is 152 cm³/mol. The molecule has 0 amide bonds. The fourth-order valence-corrected chi connectivity index (χ4v) is 5.39. The van der Waals surface area contributed by atoms with Crippen molar-refractivity contribution in [3.63, 3.8) is 0 Å². The minimum absolute atomic E-state index is 0. The van der Waals surface area contributed by atoms with Gasteiger partial charge in [0.05, 0.1) is 0 Å². The molecule has 0 radical (unpaired) electrons. The van der Waals surface area contributed by atoms with Gasteiger partial charge in [-0.3, -0.25) is 0 Å². The first-order valence-corrected chi connectivity index (χ1v) is 18.0. The summed E-state index contributed by atoms with van der Waals surface area (Å²) in [5, 5.41) is 0. The van der Waals surface area contributed by atoms with E-state index in [2.05, 4.69) is 119 Å². The van der Waals surface area contributed by atoms with E-state index in [-0.39, 0.29) is 13.5 Å². The van der Waals surface area contributed by atoms with Crippen molar-refractivity contribution >= 4 is 58.2 Å². The Morgan fingerprint density at radius 2 is 1.63 bits per heavy atom. The number of fused-ring (bicyclic) bond motifs is 8. The Labute approximate surface area is 241 Å². The molecular weight excluding hydrogens is 636 g/mol.